The molecule has 3 N–H and O–H groups in total. The summed E-state index contributed by atoms with van der Waals surface area (Å²) in [5.41, 5.74) is 6.47. The molecule has 1 aromatic heterocycles. The van der Waals surface area contributed by atoms with Crippen LogP contribution in [0.25, 0.3) is 0 Å². The van der Waals surface area contributed by atoms with Crippen molar-refractivity contribution in [1.29, 1.82) is 0 Å². The zero-order valence-corrected chi connectivity index (χ0v) is 12.3. The van der Waals surface area contributed by atoms with Gasteiger partial charge in [-0.2, -0.15) is 11.3 Å². The maximum atomic E-state index is 12.2. The number of nitrogens with two attached hydrogens (primary N) is 1. The average Bonchev–Trinajstić information content (AvgIpc) is 3.02. The molecule has 0 aromatic carbocycles. The standard InChI is InChI=1S/C13H20N4O2S/c1-2-11(12(14)15-19)16-4-6-17(7-5-16)13(18)10-3-8-20-9-10/h3,8-9,11,19H,2,4-7H2,1H3,(H2,14,15). The molecule has 1 amide bonds. The van der Waals surface area contributed by atoms with Crippen molar-refractivity contribution in [3.05, 3.63) is 22.4 Å². The van der Waals surface area contributed by atoms with Crippen LogP contribution >= 0.6 is 11.3 Å². The molecule has 0 bridgehead atoms. The molecule has 1 aliphatic rings. The molecular weight excluding hydrogens is 276 g/mol. The molecule has 6 nitrogen and oxygen atoms in total. The highest BCUT2D eigenvalue weighted by atomic mass is 32.1. The number of hydrogen-bond acceptors (Lipinski definition) is 5. The smallest absolute Gasteiger partial charge is 0.254 e. The van der Waals surface area contributed by atoms with Crippen molar-refractivity contribution < 1.29 is 10.0 Å². The molecule has 20 heavy (non-hydrogen) atoms. The molecule has 1 unspecified atom stereocenters. The van der Waals surface area contributed by atoms with E-state index in [-0.39, 0.29) is 17.8 Å². The SMILES string of the molecule is CCC(C(N)=NO)N1CCN(C(=O)c2ccsc2)CC1. The molecule has 1 fully saturated rings. The van der Waals surface area contributed by atoms with Crippen LogP contribution in [0.5, 0.6) is 0 Å². The molecule has 1 saturated heterocycles. The van der Waals surface area contributed by atoms with Gasteiger partial charge in [-0.25, -0.2) is 0 Å². The van der Waals surface area contributed by atoms with Crippen LogP contribution in [0.3, 0.4) is 0 Å². The molecule has 2 rings (SSSR count). The lowest BCUT2D eigenvalue weighted by Crippen LogP contribution is -2.55. The second-order valence-corrected chi connectivity index (χ2v) is 5.57. The van der Waals surface area contributed by atoms with Gasteiger partial charge < -0.3 is 15.8 Å². The summed E-state index contributed by atoms with van der Waals surface area (Å²) in [7, 11) is 0. The minimum absolute atomic E-state index is 0.0570. The lowest BCUT2D eigenvalue weighted by molar-refractivity contribution is 0.0609. The van der Waals surface area contributed by atoms with Gasteiger partial charge in [0.1, 0.15) is 0 Å². The van der Waals surface area contributed by atoms with Crippen LogP contribution in [-0.4, -0.2) is 59.0 Å². The molecule has 1 atom stereocenters. The van der Waals surface area contributed by atoms with E-state index < -0.39 is 0 Å². The van der Waals surface area contributed by atoms with Crippen LogP contribution in [0.2, 0.25) is 0 Å². The Hall–Kier alpha value is -1.60. The topological polar surface area (TPSA) is 82.2 Å². The molecule has 110 valence electrons. The first-order valence-electron chi connectivity index (χ1n) is 6.70. The van der Waals surface area contributed by atoms with Gasteiger partial charge in [-0.1, -0.05) is 12.1 Å². The van der Waals surface area contributed by atoms with Crippen LogP contribution in [0.4, 0.5) is 0 Å². The van der Waals surface area contributed by atoms with Gasteiger partial charge in [0.25, 0.3) is 5.91 Å². The van der Waals surface area contributed by atoms with E-state index in [4.69, 9.17) is 10.9 Å². The summed E-state index contributed by atoms with van der Waals surface area (Å²) in [5, 5.41) is 15.7. The Morgan fingerprint density at radius 3 is 2.70 bits per heavy atom. The zero-order chi connectivity index (χ0) is 14.5. The second kappa shape index (κ2) is 6.71. The first-order chi connectivity index (χ1) is 9.67. The summed E-state index contributed by atoms with van der Waals surface area (Å²) in [6, 6.07) is 1.79. The lowest BCUT2D eigenvalue weighted by atomic mass is 10.1. The minimum atomic E-state index is -0.0570. The van der Waals surface area contributed by atoms with Gasteiger partial charge >= 0.3 is 0 Å². The molecule has 0 saturated carbocycles. The fourth-order valence-electron chi connectivity index (χ4n) is 2.53. The number of rotatable bonds is 4. The van der Waals surface area contributed by atoms with Crippen molar-refractivity contribution >= 4 is 23.1 Å². The summed E-state index contributed by atoms with van der Waals surface area (Å²) in [4.78, 5) is 16.2. The van der Waals surface area contributed by atoms with Gasteiger partial charge in [0.05, 0.1) is 11.6 Å². The molecular formula is C13H20N4O2S. The van der Waals surface area contributed by atoms with Crippen LogP contribution in [0, 0.1) is 0 Å². The second-order valence-electron chi connectivity index (χ2n) is 4.79. The Balaban J connectivity index is 1.94. The number of carbonyl (C=O) groups excluding carboxylic acids is 1. The van der Waals surface area contributed by atoms with Gasteiger partial charge in [-0.05, 0) is 17.9 Å². The van der Waals surface area contributed by atoms with Crippen LogP contribution < -0.4 is 5.73 Å². The predicted molar refractivity (Wildman–Crippen MR) is 79.3 cm³/mol. The summed E-state index contributed by atoms with van der Waals surface area (Å²) < 4.78 is 0. The Bertz CT molecular complexity index is 467. The number of hydrogen-bond donors (Lipinski definition) is 2. The molecule has 7 heteroatoms. The zero-order valence-electron chi connectivity index (χ0n) is 11.5. The maximum Gasteiger partial charge on any atom is 0.254 e. The van der Waals surface area contributed by atoms with Gasteiger partial charge in [-0.15, -0.1) is 0 Å². The molecule has 2 heterocycles. The highest BCUT2D eigenvalue weighted by Crippen LogP contribution is 2.14. The third-order valence-corrected chi connectivity index (χ3v) is 4.34. The summed E-state index contributed by atoms with van der Waals surface area (Å²) in [6.45, 7) is 4.83. The molecule has 0 aliphatic carbocycles. The third-order valence-electron chi connectivity index (χ3n) is 3.65. The van der Waals surface area contributed by atoms with Crippen molar-refractivity contribution in [2.24, 2.45) is 10.9 Å². The van der Waals surface area contributed by atoms with Gasteiger partial charge in [-0.3, -0.25) is 9.69 Å². The Morgan fingerprint density at radius 2 is 2.20 bits per heavy atom. The van der Waals surface area contributed by atoms with E-state index in [9.17, 15) is 4.79 Å². The molecule has 1 aromatic rings. The largest absolute Gasteiger partial charge is 0.409 e. The van der Waals surface area contributed by atoms with Gasteiger partial charge in [0.2, 0.25) is 0 Å². The Morgan fingerprint density at radius 1 is 1.50 bits per heavy atom. The Labute approximate surface area is 122 Å². The monoisotopic (exact) mass is 296 g/mol. The summed E-state index contributed by atoms with van der Waals surface area (Å²) >= 11 is 1.53. The van der Waals surface area contributed by atoms with Crippen LogP contribution in [0.1, 0.15) is 23.7 Å². The lowest BCUT2D eigenvalue weighted by Gasteiger charge is -2.38. The average molecular weight is 296 g/mol. The highest BCUT2D eigenvalue weighted by Gasteiger charge is 2.27. The van der Waals surface area contributed by atoms with Crippen LogP contribution in [0.15, 0.2) is 22.0 Å². The van der Waals surface area contributed by atoms with Crippen molar-refractivity contribution in [3.8, 4) is 0 Å². The highest BCUT2D eigenvalue weighted by molar-refractivity contribution is 7.08. The van der Waals surface area contributed by atoms with Crippen molar-refractivity contribution in [3.63, 3.8) is 0 Å². The maximum absolute atomic E-state index is 12.2. The quantitative estimate of drug-likeness (QED) is 0.376. The molecule has 1 aliphatic heterocycles. The van der Waals surface area contributed by atoms with E-state index in [1.807, 2.05) is 28.7 Å². The van der Waals surface area contributed by atoms with E-state index in [0.717, 1.165) is 25.1 Å². The normalized spacial score (nSPS) is 19.1. The van der Waals surface area contributed by atoms with Crippen LogP contribution in [-0.2, 0) is 0 Å². The van der Waals surface area contributed by atoms with Gasteiger partial charge in [0, 0.05) is 31.6 Å². The predicted octanol–water partition coefficient (Wildman–Crippen LogP) is 1.03. The number of carbonyl (C=O) groups is 1. The van der Waals surface area contributed by atoms with E-state index in [1.54, 1.807) is 0 Å². The van der Waals surface area contributed by atoms with Crippen molar-refractivity contribution in [2.75, 3.05) is 26.2 Å². The number of nitrogens with zero attached hydrogens (tertiary/aromatic N) is 3. The number of piperazine rings is 1. The summed E-state index contributed by atoms with van der Waals surface area (Å²) in [6.07, 6.45) is 0.786. The first kappa shape index (κ1) is 14.8. The van der Waals surface area contributed by atoms with E-state index >= 15 is 0 Å². The van der Waals surface area contributed by atoms with E-state index in [1.165, 1.54) is 11.3 Å². The van der Waals surface area contributed by atoms with Crippen molar-refractivity contribution in [2.45, 2.75) is 19.4 Å². The Kier molecular flexibility index (Phi) is 4.97. The number of amidine groups is 1. The number of thiophene rings is 1. The third kappa shape index (κ3) is 3.10. The van der Waals surface area contributed by atoms with Gasteiger partial charge in [0.15, 0.2) is 5.84 Å². The number of oxime groups is 1. The fraction of sp³-hybridized carbons (Fsp3) is 0.538. The first-order valence-corrected chi connectivity index (χ1v) is 7.64. The molecule has 0 spiro atoms. The van der Waals surface area contributed by atoms with Crippen molar-refractivity contribution in [1.82, 2.24) is 9.80 Å². The van der Waals surface area contributed by atoms with E-state index in [0.29, 0.717) is 13.1 Å². The van der Waals surface area contributed by atoms with E-state index in [2.05, 4.69) is 10.1 Å². The summed E-state index contributed by atoms with van der Waals surface area (Å²) in [5.74, 6) is 0.327. The fourth-order valence-corrected chi connectivity index (χ4v) is 3.16. The minimum Gasteiger partial charge on any atom is -0.409 e. The molecule has 0 radical (unpaired) electrons. The number of amides is 1.